The van der Waals surface area contributed by atoms with Gasteiger partial charge >= 0.3 is 0 Å². The monoisotopic (exact) mass is 449 g/mol. The number of benzene rings is 1. The van der Waals surface area contributed by atoms with E-state index in [4.69, 9.17) is 0 Å². The molecular formula is C24H39N3O3S. The summed E-state index contributed by atoms with van der Waals surface area (Å²) in [5, 5.41) is 3.20. The second kappa shape index (κ2) is 10.5. The first-order chi connectivity index (χ1) is 14.8. The largest absolute Gasteiger partial charge is 0.350 e. The molecule has 0 radical (unpaired) electrons. The Labute approximate surface area is 188 Å². The second-order valence-electron chi connectivity index (χ2n) is 9.45. The van der Waals surface area contributed by atoms with Crippen LogP contribution in [-0.4, -0.2) is 67.5 Å². The van der Waals surface area contributed by atoms with E-state index in [9.17, 15) is 13.2 Å². The first kappa shape index (κ1) is 24.2. The number of sulfonamides is 1. The Morgan fingerprint density at radius 3 is 2.19 bits per heavy atom. The molecule has 2 fully saturated rings. The van der Waals surface area contributed by atoms with Crippen molar-refractivity contribution in [2.24, 2.45) is 0 Å². The lowest BCUT2D eigenvalue weighted by atomic mass is 9.79. The van der Waals surface area contributed by atoms with Gasteiger partial charge < -0.3 is 5.32 Å². The van der Waals surface area contributed by atoms with Crippen LogP contribution < -0.4 is 5.32 Å². The van der Waals surface area contributed by atoms with E-state index in [1.165, 1.54) is 12.0 Å². The van der Waals surface area contributed by atoms with Gasteiger partial charge in [0.15, 0.2) is 0 Å². The number of nitrogens with zero attached hydrogens (tertiary/aromatic N) is 2. The number of amides is 1. The average Bonchev–Trinajstić information content (AvgIpc) is 2.78. The molecule has 1 saturated carbocycles. The predicted octanol–water partition coefficient (Wildman–Crippen LogP) is 3.60. The number of nitrogens with one attached hydrogen (secondary N) is 1. The summed E-state index contributed by atoms with van der Waals surface area (Å²) in [6.45, 7) is 9.40. The maximum absolute atomic E-state index is 12.8. The van der Waals surface area contributed by atoms with Crippen molar-refractivity contribution in [3.05, 3.63) is 35.4 Å². The van der Waals surface area contributed by atoms with Crippen LogP contribution in [0.3, 0.4) is 0 Å². The summed E-state index contributed by atoms with van der Waals surface area (Å²) in [4.78, 5) is 15.3. The van der Waals surface area contributed by atoms with Gasteiger partial charge in [-0.15, -0.1) is 0 Å². The van der Waals surface area contributed by atoms with Crippen molar-refractivity contribution in [3.8, 4) is 0 Å². The van der Waals surface area contributed by atoms with Crippen molar-refractivity contribution in [2.45, 2.75) is 70.8 Å². The second-order valence-corrected chi connectivity index (χ2v) is 11.5. The molecule has 0 spiro atoms. The zero-order chi connectivity index (χ0) is 22.5. The molecule has 31 heavy (non-hydrogen) atoms. The zero-order valence-corrected chi connectivity index (χ0v) is 20.2. The Balaban J connectivity index is 1.64. The lowest BCUT2D eigenvalue weighted by molar-refractivity contribution is 0.0240. The molecule has 6 nitrogen and oxygen atoms in total. The summed E-state index contributed by atoms with van der Waals surface area (Å²) in [6, 6.07) is 7.89. The van der Waals surface area contributed by atoms with Gasteiger partial charge in [-0.05, 0) is 42.9 Å². The lowest BCUT2D eigenvalue weighted by Crippen LogP contribution is -2.62. The maximum Gasteiger partial charge on any atom is 0.251 e. The van der Waals surface area contributed by atoms with Crippen LogP contribution in [0.2, 0.25) is 0 Å². The van der Waals surface area contributed by atoms with E-state index in [0.29, 0.717) is 37.5 Å². The summed E-state index contributed by atoms with van der Waals surface area (Å²) in [7, 11) is -3.14. The van der Waals surface area contributed by atoms with E-state index in [-0.39, 0.29) is 17.2 Å². The molecule has 7 heteroatoms. The van der Waals surface area contributed by atoms with Crippen LogP contribution in [-0.2, 0) is 10.0 Å². The minimum atomic E-state index is -3.14. The Bertz CT molecular complexity index is 822. The molecule has 0 unspecified atom stereocenters. The fourth-order valence-corrected chi connectivity index (χ4v) is 6.50. The fourth-order valence-electron chi connectivity index (χ4n) is 5.01. The fraction of sp³-hybridized carbons (Fsp3) is 0.708. The number of rotatable bonds is 8. The van der Waals surface area contributed by atoms with Crippen LogP contribution in [0.5, 0.6) is 0 Å². The maximum atomic E-state index is 12.8. The zero-order valence-electron chi connectivity index (χ0n) is 19.4. The third-order valence-corrected chi connectivity index (χ3v) is 9.04. The molecule has 1 aliphatic heterocycles. The highest BCUT2D eigenvalue weighted by Gasteiger charge is 2.40. The Hall–Kier alpha value is -1.44. The van der Waals surface area contributed by atoms with E-state index in [0.717, 1.165) is 38.8 Å². The van der Waals surface area contributed by atoms with Crippen LogP contribution >= 0.6 is 0 Å². The Kier molecular flexibility index (Phi) is 8.16. The summed E-state index contributed by atoms with van der Waals surface area (Å²) in [5.41, 5.74) is 1.87. The normalized spacial score (nSPS) is 20.6. The van der Waals surface area contributed by atoms with Gasteiger partial charge in [-0.3, -0.25) is 9.69 Å². The molecule has 0 aromatic heterocycles. The van der Waals surface area contributed by atoms with Gasteiger partial charge in [-0.2, -0.15) is 4.31 Å². The summed E-state index contributed by atoms with van der Waals surface area (Å²) in [5.74, 6) is 0.649. The molecule has 0 atom stereocenters. The van der Waals surface area contributed by atoms with Crippen LogP contribution in [0.15, 0.2) is 24.3 Å². The van der Waals surface area contributed by atoms with Gasteiger partial charge in [0.2, 0.25) is 10.0 Å². The number of hydrogen-bond donors (Lipinski definition) is 1. The molecule has 1 aliphatic carbocycles. The highest BCUT2D eigenvalue weighted by molar-refractivity contribution is 7.89. The van der Waals surface area contributed by atoms with Gasteiger partial charge in [0, 0.05) is 43.8 Å². The number of piperazine rings is 1. The molecule has 1 amide bonds. The van der Waals surface area contributed by atoms with Crippen LogP contribution in [0, 0.1) is 0 Å². The van der Waals surface area contributed by atoms with Crippen molar-refractivity contribution in [1.82, 2.24) is 14.5 Å². The van der Waals surface area contributed by atoms with Crippen LogP contribution in [0.25, 0.3) is 0 Å². The molecule has 1 aromatic carbocycles. The summed E-state index contributed by atoms with van der Waals surface area (Å²) < 4.78 is 26.5. The van der Waals surface area contributed by atoms with Crippen molar-refractivity contribution in [2.75, 3.05) is 38.5 Å². The summed E-state index contributed by atoms with van der Waals surface area (Å²) in [6.07, 6.45) is 6.32. The predicted molar refractivity (Wildman–Crippen MR) is 126 cm³/mol. The molecule has 1 saturated heterocycles. The van der Waals surface area contributed by atoms with E-state index in [1.54, 1.807) is 4.31 Å². The van der Waals surface area contributed by atoms with Crippen LogP contribution in [0.1, 0.15) is 81.1 Å². The minimum Gasteiger partial charge on any atom is -0.350 e. The molecule has 0 bridgehead atoms. The number of hydrogen-bond acceptors (Lipinski definition) is 4. The molecule has 1 aromatic rings. The molecule has 1 N–H and O–H groups in total. The van der Waals surface area contributed by atoms with E-state index < -0.39 is 10.0 Å². The van der Waals surface area contributed by atoms with Crippen molar-refractivity contribution in [3.63, 3.8) is 0 Å². The van der Waals surface area contributed by atoms with Gasteiger partial charge in [-0.25, -0.2) is 8.42 Å². The Morgan fingerprint density at radius 2 is 1.65 bits per heavy atom. The molecule has 174 valence electrons. The van der Waals surface area contributed by atoms with E-state index >= 15 is 0 Å². The highest BCUT2D eigenvalue weighted by Crippen LogP contribution is 2.34. The number of carbonyl (C=O) groups is 1. The number of carbonyl (C=O) groups excluding carboxylic acids is 1. The average molecular weight is 450 g/mol. The van der Waals surface area contributed by atoms with Crippen molar-refractivity contribution >= 4 is 15.9 Å². The lowest BCUT2D eigenvalue weighted by Gasteiger charge is -2.49. The van der Waals surface area contributed by atoms with Gasteiger partial charge in [0.25, 0.3) is 5.91 Å². The van der Waals surface area contributed by atoms with Gasteiger partial charge in [0.05, 0.1) is 5.75 Å². The van der Waals surface area contributed by atoms with Gasteiger partial charge in [0.1, 0.15) is 0 Å². The van der Waals surface area contributed by atoms with E-state index in [1.807, 2.05) is 31.2 Å². The van der Waals surface area contributed by atoms with Gasteiger partial charge in [-0.1, -0.05) is 52.2 Å². The third-order valence-electron chi connectivity index (χ3n) is 6.97. The topological polar surface area (TPSA) is 69.7 Å². The van der Waals surface area contributed by atoms with E-state index in [2.05, 4.69) is 24.1 Å². The Morgan fingerprint density at radius 1 is 1.03 bits per heavy atom. The smallest absolute Gasteiger partial charge is 0.251 e. The quantitative estimate of drug-likeness (QED) is 0.658. The summed E-state index contributed by atoms with van der Waals surface area (Å²) >= 11 is 0. The molecular weight excluding hydrogens is 410 g/mol. The molecule has 2 aliphatic rings. The molecule has 1 heterocycles. The first-order valence-corrected chi connectivity index (χ1v) is 13.5. The highest BCUT2D eigenvalue weighted by atomic mass is 32.2. The van der Waals surface area contributed by atoms with Crippen molar-refractivity contribution < 1.29 is 13.2 Å². The SMILES string of the molecule is CCCS(=O)(=O)N1CCN(C2(CNC(=O)c3ccc(C(C)C)cc3)CCCCC2)CC1. The third kappa shape index (κ3) is 5.88. The standard InChI is InChI=1S/C24H39N3O3S/c1-4-18-31(29,30)27-16-14-26(15-17-27)24(12-6-5-7-13-24)19-25-23(28)22-10-8-21(9-11-22)20(2)3/h8-11,20H,4-7,12-19H2,1-3H3,(H,25,28). The van der Waals surface area contributed by atoms with Crippen molar-refractivity contribution in [1.29, 1.82) is 0 Å². The van der Waals surface area contributed by atoms with Crippen LogP contribution in [0.4, 0.5) is 0 Å². The first-order valence-electron chi connectivity index (χ1n) is 11.9. The molecule has 3 rings (SSSR count). The minimum absolute atomic E-state index is 0.0237.